The van der Waals surface area contributed by atoms with Crippen molar-refractivity contribution >= 4 is 0 Å². The molecule has 0 radical (unpaired) electrons. The summed E-state index contributed by atoms with van der Waals surface area (Å²) in [4.78, 5) is 0. The largest absolute Gasteiger partial charge is 0.376 e. The number of nitrogens with one attached hydrogen (secondary N) is 1. The van der Waals surface area contributed by atoms with Crippen molar-refractivity contribution < 1.29 is 9.47 Å². The average Bonchev–Trinajstić information content (AvgIpc) is 2.98. The SMILES string of the molecule is c1ccc(-n2cc(CNCC3COCCO3)cn2)cc1. The molecule has 106 valence electrons. The van der Waals surface area contributed by atoms with Gasteiger partial charge in [0.25, 0.3) is 0 Å². The zero-order valence-corrected chi connectivity index (χ0v) is 11.4. The fraction of sp³-hybridized carbons (Fsp3) is 0.400. The highest BCUT2D eigenvalue weighted by Crippen LogP contribution is 2.07. The van der Waals surface area contributed by atoms with Crippen LogP contribution in [0, 0.1) is 0 Å². The number of ether oxygens (including phenoxy) is 2. The van der Waals surface area contributed by atoms with Gasteiger partial charge in [0.1, 0.15) is 0 Å². The number of rotatable bonds is 5. The predicted molar refractivity (Wildman–Crippen MR) is 75.8 cm³/mol. The van der Waals surface area contributed by atoms with E-state index in [2.05, 4.69) is 10.4 Å². The standard InChI is InChI=1S/C15H19N3O2/c1-2-4-14(5-3-1)18-11-13(9-17-18)8-16-10-15-12-19-6-7-20-15/h1-5,9,11,15-16H,6-8,10,12H2. The van der Waals surface area contributed by atoms with Gasteiger partial charge in [-0.2, -0.15) is 5.10 Å². The van der Waals surface area contributed by atoms with E-state index in [-0.39, 0.29) is 6.10 Å². The third kappa shape index (κ3) is 3.45. The van der Waals surface area contributed by atoms with Crippen LogP contribution in [0.15, 0.2) is 42.7 Å². The first-order chi connectivity index (χ1) is 9.92. The fourth-order valence-electron chi connectivity index (χ4n) is 2.21. The van der Waals surface area contributed by atoms with Gasteiger partial charge >= 0.3 is 0 Å². The minimum absolute atomic E-state index is 0.160. The molecular weight excluding hydrogens is 254 g/mol. The number of para-hydroxylation sites is 1. The van der Waals surface area contributed by atoms with Gasteiger partial charge in [0.05, 0.1) is 37.8 Å². The molecule has 1 aliphatic heterocycles. The van der Waals surface area contributed by atoms with Crippen molar-refractivity contribution in [3.63, 3.8) is 0 Å². The van der Waals surface area contributed by atoms with Crippen molar-refractivity contribution in [2.75, 3.05) is 26.4 Å². The van der Waals surface area contributed by atoms with Gasteiger partial charge < -0.3 is 14.8 Å². The summed E-state index contributed by atoms with van der Waals surface area (Å²) in [6, 6.07) is 10.1. The van der Waals surface area contributed by atoms with Crippen LogP contribution in [0.1, 0.15) is 5.56 Å². The predicted octanol–water partition coefficient (Wildman–Crippen LogP) is 1.38. The fourth-order valence-corrected chi connectivity index (χ4v) is 2.21. The Morgan fingerprint density at radius 3 is 2.95 bits per heavy atom. The minimum Gasteiger partial charge on any atom is -0.376 e. The first-order valence-corrected chi connectivity index (χ1v) is 6.91. The van der Waals surface area contributed by atoms with Crippen molar-refractivity contribution in [1.82, 2.24) is 15.1 Å². The lowest BCUT2D eigenvalue weighted by atomic mass is 10.3. The molecule has 1 aliphatic rings. The van der Waals surface area contributed by atoms with Crippen LogP contribution in [0.25, 0.3) is 5.69 Å². The summed E-state index contributed by atoms with van der Waals surface area (Å²) in [5.74, 6) is 0. The van der Waals surface area contributed by atoms with Crippen LogP contribution in [0.5, 0.6) is 0 Å². The summed E-state index contributed by atoms with van der Waals surface area (Å²) < 4.78 is 12.8. The molecule has 0 spiro atoms. The first kappa shape index (κ1) is 13.3. The number of aromatic nitrogens is 2. The van der Waals surface area contributed by atoms with Crippen LogP contribution >= 0.6 is 0 Å². The van der Waals surface area contributed by atoms with E-state index >= 15 is 0 Å². The molecule has 1 fully saturated rings. The highest BCUT2D eigenvalue weighted by molar-refractivity contribution is 5.30. The van der Waals surface area contributed by atoms with E-state index in [4.69, 9.17) is 9.47 Å². The van der Waals surface area contributed by atoms with Crippen molar-refractivity contribution in [3.8, 4) is 5.69 Å². The van der Waals surface area contributed by atoms with Crippen molar-refractivity contribution in [1.29, 1.82) is 0 Å². The quantitative estimate of drug-likeness (QED) is 0.894. The molecule has 1 atom stereocenters. The molecule has 0 amide bonds. The van der Waals surface area contributed by atoms with Gasteiger partial charge in [-0.1, -0.05) is 18.2 Å². The lowest BCUT2D eigenvalue weighted by Gasteiger charge is -2.22. The second kappa shape index (κ2) is 6.65. The number of benzene rings is 1. The Balaban J connectivity index is 1.50. The molecule has 20 heavy (non-hydrogen) atoms. The summed E-state index contributed by atoms with van der Waals surface area (Å²) >= 11 is 0. The van der Waals surface area contributed by atoms with E-state index in [1.165, 1.54) is 0 Å². The average molecular weight is 273 g/mol. The topological polar surface area (TPSA) is 48.3 Å². The van der Waals surface area contributed by atoms with Gasteiger partial charge in [0.15, 0.2) is 0 Å². The van der Waals surface area contributed by atoms with Gasteiger partial charge in [-0.3, -0.25) is 0 Å². The molecule has 1 N–H and O–H groups in total. The van der Waals surface area contributed by atoms with Gasteiger partial charge in [0.2, 0.25) is 0 Å². The summed E-state index contributed by atoms with van der Waals surface area (Å²) in [5, 5.41) is 7.75. The molecule has 3 rings (SSSR count). The number of nitrogens with zero attached hydrogens (tertiary/aromatic N) is 2. The maximum atomic E-state index is 5.58. The van der Waals surface area contributed by atoms with E-state index in [1.54, 1.807) is 0 Å². The van der Waals surface area contributed by atoms with E-state index in [9.17, 15) is 0 Å². The van der Waals surface area contributed by atoms with Crippen molar-refractivity contribution in [3.05, 3.63) is 48.3 Å². The highest BCUT2D eigenvalue weighted by Gasteiger charge is 2.13. The molecule has 2 heterocycles. The van der Waals surface area contributed by atoms with Crippen molar-refractivity contribution in [2.45, 2.75) is 12.6 Å². The third-order valence-electron chi connectivity index (χ3n) is 3.24. The zero-order valence-electron chi connectivity index (χ0n) is 11.4. The Kier molecular flexibility index (Phi) is 4.42. The van der Waals surface area contributed by atoms with Crippen molar-refractivity contribution in [2.24, 2.45) is 0 Å². The second-order valence-electron chi connectivity index (χ2n) is 4.83. The first-order valence-electron chi connectivity index (χ1n) is 6.91. The van der Waals surface area contributed by atoms with Gasteiger partial charge in [-0.05, 0) is 12.1 Å². The molecule has 0 aliphatic carbocycles. The van der Waals surface area contributed by atoms with Gasteiger partial charge in [-0.25, -0.2) is 4.68 Å². The Bertz CT molecular complexity index is 521. The Labute approximate surface area is 118 Å². The minimum atomic E-state index is 0.160. The number of hydrogen-bond acceptors (Lipinski definition) is 4. The molecule has 1 unspecified atom stereocenters. The summed E-state index contributed by atoms with van der Waals surface area (Å²) in [5.41, 5.74) is 2.23. The second-order valence-corrected chi connectivity index (χ2v) is 4.83. The maximum absolute atomic E-state index is 5.58. The van der Waals surface area contributed by atoms with E-state index < -0.39 is 0 Å². The third-order valence-corrected chi connectivity index (χ3v) is 3.24. The molecule has 5 nitrogen and oxygen atoms in total. The number of hydrogen-bond donors (Lipinski definition) is 1. The summed E-state index contributed by atoms with van der Waals surface area (Å²) in [6.07, 6.45) is 4.09. The van der Waals surface area contributed by atoms with Crippen LogP contribution < -0.4 is 5.32 Å². The molecule has 1 saturated heterocycles. The molecule has 0 saturated carbocycles. The summed E-state index contributed by atoms with van der Waals surface area (Å²) in [7, 11) is 0. The maximum Gasteiger partial charge on any atom is 0.0933 e. The molecular formula is C15H19N3O2. The van der Waals surface area contributed by atoms with Gasteiger partial charge in [-0.15, -0.1) is 0 Å². The summed E-state index contributed by atoms with van der Waals surface area (Å²) in [6.45, 7) is 3.66. The van der Waals surface area contributed by atoms with E-state index in [0.29, 0.717) is 19.8 Å². The lowest BCUT2D eigenvalue weighted by molar-refractivity contribution is -0.0864. The smallest absolute Gasteiger partial charge is 0.0933 e. The molecule has 0 bridgehead atoms. The van der Waals surface area contributed by atoms with Crippen LogP contribution in [0.3, 0.4) is 0 Å². The van der Waals surface area contributed by atoms with Crippen LogP contribution in [0.2, 0.25) is 0 Å². The highest BCUT2D eigenvalue weighted by atomic mass is 16.6. The van der Waals surface area contributed by atoms with E-state index in [1.807, 2.05) is 47.4 Å². The molecule has 5 heteroatoms. The van der Waals surface area contributed by atoms with Gasteiger partial charge in [0, 0.05) is 24.8 Å². The zero-order chi connectivity index (χ0) is 13.6. The van der Waals surface area contributed by atoms with Crippen LogP contribution in [0.4, 0.5) is 0 Å². The molecule has 1 aromatic heterocycles. The Morgan fingerprint density at radius 2 is 2.15 bits per heavy atom. The van der Waals surface area contributed by atoms with Crippen LogP contribution in [-0.2, 0) is 16.0 Å². The molecule has 1 aromatic carbocycles. The molecule has 2 aromatic rings. The Morgan fingerprint density at radius 1 is 1.25 bits per heavy atom. The van der Waals surface area contributed by atoms with Crippen LogP contribution in [-0.4, -0.2) is 42.2 Å². The monoisotopic (exact) mass is 273 g/mol. The normalized spacial score (nSPS) is 19.1. The Hall–Kier alpha value is -1.69. The lowest BCUT2D eigenvalue weighted by Crippen LogP contribution is -2.37. The van der Waals surface area contributed by atoms with E-state index in [0.717, 1.165) is 24.3 Å².